The molecule has 1 aromatic heterocycles. The van der Waals surface area contributed by atoms with Crippen molar-refractivity contribution < 1.29 is 4.79 Å². The van der Waals surface area contributed by atoms with Crippen molar-refractivity contribution in [2.24, 2.45) is 5.92 Å². The van der Waals surface area contributed by atoms with Crippen LogP contribution in [0.1, 0.15) is 48.4 Å². The smallest absolute Gasteiger partial charge is 0.271 e. The Hall–Kier alpha value is -3.12. The van der Waals surface area contributed by atoms with E-state index in [1.807, 2.05) is 19.1 Å². The van der Waals surface area contributed by atoms with Crippen molar-refractivity contribution in [3.05, 3.63) is 86.7 Å². The Morgan fingerprint density at radius 3 is 2.65 bits per heavy atom. The van der Waals surface area contributed by atoms with E-state index in [1.54, 1.807) is 12.1 Å². The molecule has 34 heavy (non-hydrogen) atoms. The minimum atomic E-state index is -0.203. The minimum Gasteiger partial charge on any atom is -0.355 e. The fourth-order valence-corrected chi connectivity index (χ4v) is 5.21. The van der Waals surface area contributed by atoms with E-state index in [-0.39, 0.29) is 23.4 Å². The van der Waals surface area contributed by atoms with Crippen LogP contribution in [0.4, 0.5) is 5.82 Å². The number of aryl methyl sites for hydroxylation is 2. The Kier molecular flexibility index (Phi) is 6.42. The number of amides is 1. The number of benzene rings is 2. The fourth-order valence-electron chi connectivity index (χ4n) is 5.03. The lowest BCUT2D eigenvalue weighted by atomic mass is 9.87. The van der Waals surface area contributed by atoms with Gasteiger partial charge in [-0.2, -0.15) is 4.68 Å². The van der Waals surface area contributed by atoms with Crippen LogP contribution in [0.5, 0.6) is 0 Å². The molecule has 2 heterocycles. The van der Waals surface area contributed by atoms with Gasteiger partial charge in [-0.25, -0.2) is 0 Å². The quantitative estimate of drug-likeness (QED) is 0.597. The van der Waals surface area contributed by atoms with E-state index in [4.69, 9.17) is 11.6 Å². The lowest BCUT2D eigenvalue weighted by molar-refractivity contribution is -0.126. The molecule has 2 aliphatic rings. The number of rotatable bonds is 4. The highest BCUT2D eigenvalue weighted by Crippen LogP contribution is 2.30. The lowest BCUT2D eigenvalue weighted by Gasteiger charge is -2.34. The SMILES string of the molecule is Cc1ccc(-n2nc(N3CCC(C(=O)N[C@H]4CCCc5ccccc54)CC3)ccc2=O)cc1Cl. The summed E-state index contributed by atoms with van der Waals surface area (Å²) in [4.78, 5) is 27.7. The summed E-state index contributed by atoms with van der Waals surface area (Å²) in [7, 11) is 0. The van der Waals surface area contributed by atoms with Gasteiger partial charge in [0.05, 0.1) is 11.7 Å². The molecule has 0 spiro atoms. The third-order valence-electron chi connectivity index (χ3n) is 7.06. The molecule has 1 aliphatic heterocycles. The van der Waals surface area contributed by atoms with Crippen LogP contribution in [-0.2, 0) is 11.2 Å². The maximum atomic E-state index is 13.1. The number of hydrogen-bond donors (Lipinski definition) is 1. The van der Waals surface area contributed by atoms with E-state index >= 15 is 0 Å². The van der Waals surface area contributed by atoms with Gasteiger partial charge >= 0.3 is 0 Å². The molecule has 0 radical (unpaired) electrons. The molecule has 0 unspecified atom stereocenters. The molecule has 1 aliphatic carbocycles. The maximum Gasteiger partial charge on any atom is 0.271 e. The van der Waals surface area contributed by atoms with Crippen LogP contribution in [0, 0.1) is 12.8 Å². The van der Waals surface area contributed by atoms with Gasteiger partial charge in [-0.1, -0.05) is 41.9 Å². The molecule has 0 bridgehead atoms. The second-order valence-corrected chi connectivity index (χ2v) is 9.70. The maximum absolute atomic E-state index is 13.1. The van der Waals surface area contributed by atoms with Crippen LogP contribution in [-0.4, -0.2) is 28.8 Å². The van der Waals surface area contributed by atoms with E-state index < -0.39 is 0 Å². The Labute approximate surface area is 204 Å². The Morgan fingerprint density at radius 1 is 1.06 bits per heavy atom. The van der Waals surface area contributed by atoms with Gasteiger partial charge in [0, 0.05) is 30.1 Å². The van der Waals surface area contributed by atoms with E-state index in [0.717, 1.165) is 56.6 Å². The van der Waals surface area contributed by atoms with Gasteiger partial charge in [-0.3, -0.25) is 9.59 Å². The highest BCUT2D eigenvalue weighted by Gasteiger charge is 2.29. The number of carbonyl (C=O) groups excluding carboxylic acids is 1. The highest BCUT2D eigenvalue weighted by atomic mass is 35.5. The minimum absolute atomic E-state index is 0.00727. The molecular weight excluding hydrogens is 448 g/mol. The van der Waals surface area contributed by atoms with Crippen molar-refractivity contribution in [1.82, 2.24) is 15.1 Å². The summed E-state index contributed by atoms with van der Waals surface area (Å²) in [6, 6.07) is 17.3. The standard InChI is InChI=1S/C27H29ClN4O2/c1-18-9-10-21(17-23(18)28)32-26(33)12-11-25(30-32)31-15-13-20(14-16-31)27(34)29-24-8-4-6-19-5-2-3-7-22(19)24/h2-3,5,7,9-12,17,20,24H,4,6,8,13-16H2,1H3,(H,29,34)/t24-/m0/s1. The fraction of sp³-hybridized carbons (Fsp3) is 0.370. The van der Waals surface area contributed by atoms with E-state index in [2.05, 4.69) is 39.6 Å². The number of piperidine rings is 1. The summed E-state index contributed by atoms with van der Waals surface area (Å²) in [6.07, 6.45) is 4.71. The molecule has 1 fully saturated rings. The van der Waals surface area contributed by atoms with Gasteiger partial charge in [0.25, 0.3) is 5.56 Å². The summed E-state index contributed by atoms with van der Waals surface area (Å²) in [5.74, 6) is 0.872. The molecular formula is C27H29ClN4O2. The van der Waals surface area contributed by atoms with Crippen LogP contribution < -0.4 is 15.8 Å². The first-order chi connectivity index (χ1) is 16.5. The number of nitrogens with one attached hydrogen (secondary N) is 1. The van der Waals surface area contributed by atoms with Gasteiger partial charge in [0.2, 0.25) is 5.91 Å². The third kappa shape index (κ3) is 4.60. The molecule has 1 saturated heterocycles. The molecule has 0 saturated carbocycles. The summed E-state index contributed by atoms with van der Waals surface area (Å²) >= 11 is 6.26. The average Bonchev–Trinajstić information content (AvgIpc) is 2.86. The van der Waals surface area contributed by atoms with Gasteiger partial charge in [-0.15, -0.1) is 5.10 Å². The first-order valence-corrected chi connectivity index (χ1v) is 12.4. The van der Waals surface area contributed by atoms with Crippen LogP contribution in [0.15, 0.2) is 59.4 Å². The average molecular weight is 477 g/mol. The number of fused-ring (bicyclic) bond motifs is 1. The van der Waals surface area contributed by atoms with Crippen molar-refractivity contribution in [1.29, 1.82) is 0 Å². The van der Waals surface area contributed by atoms with Gasteiger partial charge in [-0.05, 0) is 73.9 Å². The normalized spacial score (nSPS) is 18.4. The predicted octanol–water partition coefficient (Wildman–Crippen LogP) is 4.60. The monoisotopic (exact) mass is 476 g/mol. The van der Waals surface area contributed by atoms with Gasteiger partial charge in [0.15, 0.2) is 0 Å². The van der Waals surface area contributed by atoms with Crippen LogP contribution >= 0.6 is 11.6 Å². The molecule has 6 nitrogen and oxygen atoms in total. The first-order valence-electron chi connectivity index (χ1n) is 12.0. The zero-order chi connectivity index (χ0) is 23.7. The van der Waals surface area contributed by atoms with Gasteiger partial charge < -0.3 is 10.2 Å². The van der Waals surface area contributed by atoms with Crippen LogP contribution in [0.25, 0.3) is 5.69 Å². The van der Waals surface area contributed by atoms with Crippen molar-refractivity contribution in [2.75, 3.05) is 18.0 Å². The summed E-state index contributed by atoms with van der Waals surface area (Å²) in [5, 5.41) is 8.51. The number of hydrogen-bond acceptors (Lipinski definition) is 4. The van der Waals surface area contributed by atoms with E-state index in [0.29, 0.717) is 10.7 Å². The predicted molar refractivity (Wildman–Crippen MR) is 135 cm³/mol. The van der Waals surface area contributed by atoms with Gasteiger partial charge in [0.1, 0.15) is 5.82 Å². The van der Waals surface area contributed by atoms with Crippen molar-refractivity contribution in [2.45, 2.75) is 45.1 Å². The molecule has 176 valence electrons. The molecule has 2 aromatic carbocycles. The second-order valence-electron chi connectivity index (χ2n) is 9.29. The molecule has 1 atom stereocenters. The third-order valence-corrected chi connectivity index (χ3v) is 7.47. The Bertz CT molecular complexity index is 1260. The summed E-state index contributed by atoms with van der Waals surface area (Å²) in [5.41, 5.74) is 4.01. The second kappa shape index (κ2) is 9.63. The van der Waals surface area contributed by atoms with Crippen molar-refractivity contribution in [3.8, 4) is 5.69 Å². The molecule has 7 heteroatoms. The highest BCUT2D eigenvalue weighted by molar-refractivity contribution is 6.31. The first kappa shape index (κ1) is 22.7. The lowest BCUT2D eigenvalue weighted by Crippen LogP contribution is -2.42. The van der Waals surface area contributed by atoms with Crippen molar-refractivity contribution in [3.63, 3.8) is 0 Å². The zero-order valence-electron chi connectivity index (χ0n) is 19.3. The largest absolute Gasteiger partial charge is 0.355 e. The Balaban J connectivity index is 1.25. The van der Waals surface area contributed by atoms with Crippen LogP contribution in [0.3, 0.4) is 0 Å². The number of aromatic nitrogens is 2. The molecule has 1 N–H and O–H groups in total. The van der Waals surface area contributed by atoms with E-state index in [9.17, 15) is 9.59 Å². The number of anilines is 1. The summed E-state index contributed by atoms with van der Waals surface area (Å²) < 4.78 is 1.39. The number of halogens is 1. The number of carbonyl (C=O) groups is 1. The summed E-state index contributed by atoms with van der Waals surface area (Å²) in [6.45, 7) is 3.37. The van der Waals surface area contributed by atoms with Crippen molar-refractivity contribution >= 4 is 23.3 Å². The molecule has 1 amide bonds. The Morgan fingerprint density at radius 2 is 1.85 bits per heavy atom. The molecule has 3 aromatic rings. The molecule has 5 rings (SSSR count). The number of nitrogens with zero attached hydrogens (tertiary/aromatic N) is 3. The van der Waals surface area contributed by atoms with E-state index in [1.165, 1.54) is 21.9 Å². The van der Waals surface area contributed by atoms with Crippen LogP contribution in [0.2, 0.25) is 5.02 Å². The zero-order valence-corrected chi connectivity index (χ0v) is 20.1. The topological polar surface area (TPSA) is 67.2 Å².